The van der Waals surface area contributed by atoms with Gasteiger partial charge in [-0.2, -0.15) is 0 Å². The first-order chi connectivity index (χ1) is 12.4. The molecule has 0 saturated carbocycles. The minimum atomic E-state index is -1.09. The average molecular weight is 326 g/mol. The van der Waals surface area contributed by atoms with Gasteiger partial charge in [-0.25, -0.2) is 4.89 Å². The lowest BCUT2D eigenvalue weighted by Crippen LogP contribution is -2.32. The summed E-state index contributed by atoms with van der Waals surface area (Å²) in [6, 6.07) is 33.9. The number of hydrogen-bond donors (Lipinski definition) is 1. The van der Waals surface area contributed by atoms with E-state index in [9.17, 15) is 5.26 Å². The van der Waals surface area contributed by atoms with Crippen molar-refractivity contribution in [3.8, 4) is 0 Å². The lowest BCUT2D eigenvalue weighted by Gasteiger charge is -2.33. The van der Waals surface area contributed by atoms with Gasteiger partial charge in [0, 0.05) is 5.56 Å². The van der Waals surface area contributed by atoms with E-state index in [4.69, 9.17) is 4.89 Å². The first-order valence-corrected chi connectivity index (χ1v) is 8.28. The number of benzene rings is 4. The maximum Gasteiger partial charge on any atom is 0.179 e. The molecule has 0 aliphatic carbocycles. The van der Waals surface area contributed by atoms with Crippen molar-refractivity contribution in [2.75, 3.05) is 0 Å². The minimum absolute atomic E-state index is 0.875. The Kier molecular flexibility index (Phi) is 4.06. The molecule has 0 aliphatic heterocycles. The second-order valence-corrected chi connectivity index (χ2v) is 6.03. The Morgan fingerprint density at radius 2 is 1.08 bits per heavy atom. The van der Waals surface area contributed by atoms with Crippen molar-refractivity contribution < 1.29 is 10.1 Å². The molecule has 1 N–H and O–H groups in total. The molecular weight excluding hydrogens is 308 g/mol. The van der Waals surface area contributed by atoms with Crippen LogP contribution in [0.1, 0.15) is 16.7 Å². The van der Waals surface area contributed by atoms with E-state index in [1.54, 1.807) is 0 Å². The van der Waals surface area contributed by atoms with Crippen LogP contribution in [0.5, 0.6) is 0 Å². The predicted octanol–water partition coefficient (Wildman–Crippen LogP) is 5.62. The highest BCUT2D eigenvalue weighted by Crippen LogP contribution is 2.42. The van der Waals surface area contributed by atoms with E-state index in [1.807, 2.05) is 84.9 Å². The summed E-state index contributed by atoms with van der Waals surface area (Å²) in [4.78, 5) is 5.30. The largest absolute Gasteiger partial charge is 0.250 e. The minimum Gasteiger partial charge on any atom is -0.250 e. The van der Waals surface area contributed by atoms with Crippen molar-refractivity contribution in [2.24, 2.45) is 0 Å². The standard InChI is InChI=1S/C23H18O2/c24-25-23(19-12-3-1-4-13-19,20-14-5-2-6-15-20)22-17-9-11-18-10-7-8-16-21(18)22/h1-17,24H. The van der Waals surface area contributed by atoms with Crippen LogP contribution in [0.3, 0.4) is 0 Å². The maximum absolute atomic E-state index is 10.2. The SMILES string of the molecule is OOC(c1ccccc1)(c1ccccc1)c1cccc2ccccc12. The Balaban J connectivity index is 2.11. The van der Waals surface area contributed by atoms with Gasteiger partial charge in [-0.15, -0.1) is 0 Å². The van der Waals surface area contributed by atoms with E-state index in [0.717, 1.165) is 27.5 Å². The predicted molar refractivity (Wildman–Crippen MR) is 100 cm³/mol. The van der Waals surface area contributed by atoms with Crippen LogP contribution in [0, 0.1) is 0 Å². The van der Waals surface area contributed by atoms with Gasteiger partial charge in [0.05, 0.1) is 0 Å². The molecule has 4 rings (SSSR count). The van der Waals surface area contributed by atoms with Gasteiger partial charge < -0.3 is 0 Å². The van der Waals surface area contributed by atoms with Gasteiger partial charge in [0.25, 0.3) is 0 Å². The molecule has 0 amide bonds. The first-order valence-electron chi connectivity index (χ1n) is 8.28. The van der Waals surface area contributed by atoms with Crippen molar-refractivity contribution in [1.29, 1.82) is 0 Å². The zero-order valence-corrected chi connectivity index (χ0v) is 13.7. The van der Waals surface area contributed by atoms with Gasteiger partial charge in [-0.3, -0.25) is 5.26 Å². The molecule has 0 unspecified atom stereocenters. The van der Waals surface area contributed by atoms with Crippen LogP contribution in [-0.4, -0.2) is 5.26 Å². The molecule has 0 bridgehead atoms. The topological polar surface area (TPSA) is 29.5 Å². The Morgan fingerprint density at radius 3 is 1.68 bits per heavy atom. The van der Waals surface area contributed by atoms with Gasteiger partial charge in [-0.1, -0.05) is 103 Å². The van der Waals surface area contributed by atoms with Crippen molar-refractivity contribution >= 4 is 10.8 Å². The number of rotatable bonds is 4. The fourth-order valence-corrected chi connectivity index (χ4v) is 3.51. The highest BCUT2D eigenvalue weighted by Gasteiger charge is 2.39. The summed E-state index contributed by atoms with van der Waals surface area (Å²) in [5.41, 5.74) is 1.56. The van der Waals surface area contributed by atoms with Gasteiger partial charge in [0.2, 0.25) is 0 Å². The quantitative estimate of drug-likeness (QED) is 0.299. The summed E-state index contributed by atoms with van der Waals surface area (Å²) in [5.74, 6) is 0. The monoisotopic (exact) mass is 326 g/mol. The highest BCUT2D eigenvalue weighted by molar-refractivity contribution is 5.87. The zero-order valence-electron chi connectivity index (χ0n) is 13.7. The maximum atomic E-state index is 10.2. The molecule has 0 aliphatic rings. The Labute approximate surface area is 146 Å². The van der Waals surface area contributed by atoms with E-state index in [-0.39, 0.29) is 0 Å². The molecule has 122 valence electrons. The summed E-state index contributed by atoms with van der Waals surface area (Å²) < 4.78 is 0. The molecule has 0 heterocycles. The second-order valence-electron chi connectivity index (χ2n) is 6.03. The Morgan fingerprint density at radius 1 is 0.560 bits per heavy atom. The summed E-state index contributed by atoms with van der Waals surface area (Å²) in [5, 5.41) is 12.3. The summed E-state index contributed by atoms with van der Waals surface area (Å²) >= 11 is 0. The summed E-state index contributed by atoms with van der Waals surface area (Å²) in [7, 11) is 0. The fraction of sp³-hybridized carbons (Fsp3) is 0.0435. The highest BCUT2D eigenvalue weighted by atomic mass is 17.1. The fourth-order valence-electron chi connectivity index (χ4n) is 3.51. The molecule has 0 atom stereocenters. The molecule has 2 nitrogen and oxygen atoms in total. The average Bonchev–Trinajstić information content (AvgIpc) is 2.71. The van der Waals surface area contributed by atoms with Crippen molar-refractivity contribution in [2.45, 2.75) is 5.60 Å². The number of hydrogen-bond acceptors (Lipinski definition) is 2. The lowest BCUT2D eigenvalue weighted by molar-refractivity contribution is -0.301. The molecule has 25 heavy (non-hydrogen) atoms. The zero-order chi connectivity index (χ0) is 17.1. The lowest BCUT2D eigenvalue weighted by atomic mass is 9.78. The van der Waals surface area contributed by atoms with Crippen LogP contribution in [0.25, 0.3) is 10.8 Å². The van der Waals surface area contributed by atoms with E-state index in [0.29, 0.717) is 0 Å². The summed E-state index contributed by atoms with van der Waals surface area (Å²) in [6.07, 6.45) is 0. The van der Waals surface area contributed by atoms with Crippen LogP contribution in [-0.2, 0) is 10.5 Å². The Hall–Kier alpha value is -2.94. The second kappa shape index (κ2) is 6.52. The van der Waals surface area contributed by atoms with Gasteiger partial charge in [0.1, 0.15) is 0 Å². The molecule has 0 fully saturated rings. The molecule has 0 spiro atoms. The third-order valence-electron chi connectivity index (χ3n) is 4.67. The van der Waals surface area contributed by atoms with E-state index in [1.165, 1.54) is 0 Å². The van der Waals surface area contributed by atoms with Crippen molar-refractivity contribution in [3.63, 3.8) is 0 Å². The third kappa shape index (κ3) is 2.52. The molecule has 4 aromatic carbocycles. The van der Waals surface area contributed by atoms with Crippen LogP contribution in [0.2, 0.25) is 0 Å². The van der Waals surface area contributed by atoms with Crippen molar-refractivity contribution in [1.82, 2.24) is 0 Å². The van der Waals surface area contributed by atoms with Crippen LogP contribution in [0.15, 0.2) is 103 Å². The molecule has 2 heteroatoms. The van der Waals surface area contributed by atoms with Crippen molar-refractivity contribution in [3.05, 3.63) is 120 Å². The van der Waals surface area contributed by atoms with E-state index >= 15 is 0 Å². The van der Waals surface area contributed by atoms with E-state index in [2.05, 4.69) is 18.2 Å². The molecule has 4 aromatic rings. The smallest absolute Gasteiger partial charge is 0.179 e. The first kappa shape index (κ1) is 15.6. The van der Waals surface area contributed by atoms with Gasteiger partial charge in [-0.05, 0) is 21.9 Å². The summed E-state index contributed by atoms with van der Waals surface area (Å²) in [6.45, 7) is 0. The van der Waals surface area contributed by atoms with Crippen LogP contribution >= 0.6 is 0 Å². The molecule has 0 radical (unpaired) electrons. The molecular formula is C23H18O2. The van der Waals surface area contributed by atoms with E-state index < -0.39 is 5.60 Å². The molecule has 0 aromatic heterocycles. The molecule has 0 saturated heterocycles. The van der Waals surface area contributed by atoms with Gasteiger partial charge >= 0.3 is 0 Å². The normalized spacial score (nSPS) is 11.6. The van der Waals surface area contributed by atoms with Crippen LogP contribution in [0.4, 0.5) is 0 Å². The Bertz CT molecular complexity index is 934. The third-order valence-corrected chi connectivity index (χ3v) is 4.67. The van der Waals surface area contributed by atoms with Gasteiger partial charge in [0.15, 0.2) is 5.60 Å². The van der Waals surface area contributed by atoms with Crippen LogP contribution < -0.4 is 0 Å². The number of fused-ring (bicyclic) bond motifs is 1.